The normalized spacial score (nSPS) is 20.0. The van der Waals surface area contributed by atoms with Crippen LogP contribution in [-0.2, 0) is 4.79 Å². The second-order valence-electron chi connectivity index (χ2n) is 6.83. The van der Waals surface area contributed by atoms with Crippen LogP contribution in [0.2, 0.25) is 0 Å². The largest absolute Gasteiger partial charge is 0.396 e. The van der Waals surface area contributed by atoms with Gasteiger partial charge in [-0.3, -0.25) is 4.79 Å². The highest BCUT2D eigenvalue weighted by atomic mass is 31.1. The van der Waals surface area contributed by atoms with Crippen molar-refractivity contribution in [2.75, 3.05) is 38.4 Å². The molecule has 1 fully saturated rings. The van der Waals surface area contributed by atoms with Crippen molar-refractivity contribution in [3.63, 3.8) is 0 Å². The van der Waals surface area contributed by atoms with Crippen LogP contribution in [-0.4, -0.2) is 50.6 Å². The van der Waals surface area contributed by atoms with Gasteiger partial charge in [-0.05, 0) is 43.4 Å². The molecule has 2 aromatic rings. The van der Waals surface area contributed by atoms with Crippen LogP contribution in [0.5, 0.6) is 0 Å². The van der Waals surface area contributed by atoms with Crippen LogP contribution in [0.3, 0.4) is 0 Å². The van der Waals surface area contributed by atoms with Crippen LogP contribution < -0.4 is 15.5 Å². The van der Waals surface area contributed by atoms with E-state index in [1.54, 1.807) is 19.2 Å². The molecule has 1 amide bonds. The van der Waals surface area contributed by atoms with Crippen molar-refractivity contribution >= 4 is 24.8 Å². The number of nitrogens with one attached hydrogen (secondary N) is 1. The van der Waals surface area contributed by atoms with Crippen molar-refractivity contribution in [3.8, 4) is 11.1 Å². The minimum Gasteiger partial charge on any atom is -0.396 e. The molecule has 1 aliphatic rings. The Balaban J connectivity index is 2.04. The van der Waals surface area contributed by atoms with E-state index in [9.17, 15) is 18.7 Å². The Bertz CT molecular complexity index is 860. The van der Waals surface area contributed by atoms with E-state index in [1.165, 1.54) is 17.0 Å². The predicted molar refractivity (Wildman–Crippen MR) is 106 cm³/mol. The summed E-state index contributed by atoms with van der Waals surface area (Å²) in [7, 11) is 1.12. The molecule has 2 N–H and O–H groups in total. The highest BCUT2D eigenvalue weighted by Gasteiger charge is 2.41. The maximum Gasteiger partial charge on any atom is 0.244 e. The predicted octanol–water partition coefficient (Wildman–Crippen LogP) is 2.54. The molecular weight excluding hydrogens is 369 g/mol. The molecule has 0 aromatic heterocycles. The molecule has 2 aromatic carbocycles. The second kappa shape index (κ2) is 8.01. The van der Waals surface area contributed by atoms with Gasteiger partial charge in [-0.2, -0.15) is 0 Å². The van der Waals surface area contributed by atoms with E-state index < -0.39 is 25.6 Å². The average molecular weight is 392 g/mol. The first kappa shape index (κ1) is 19.9. The van der Waals surface area contributed by atoms with E-state index in [2.05, 4.69) is 18.6 Å². The van der Waals surface area contributed by atoms with Gasteiger partial charge in [0, 0.05) is 24.6 Å². The molecule has 0 spiro atoms. The number of benzene rings is 2. The summed E-state index contributed by atoms with van der Waals surface area (Å²) in [6.07, 6.45) is 0. The van der Waals surface area contributed by atoms with Crippen LogP contribution in [0.25, 0.3) is 11.1 Å². The van der Waals surface area contributed by atoms with E-state index in [1.807, 2.05) is 12.1 Å². The van der Waals surface area contributed by atoms with Gasteiger partial charge < -0.3 is 15.3 Å². The van der Waals surface area contributed by atoms with Gasteiger partial charge >= 0.3 is 0 Å². The topological polar surface area (TPSA) is 52.6 Å². The van der Waals surface area contributed by atoms with Gasteiger partial charge in [0.2, 0.25) is 5.91 Å². The van der Waals surface area contributed by atoms with Crippen LogP contribution in [0, 0.1) is 17.6 Å². The number of anilines is 1. The molecule has 0 radical (unpaired) electrons. The molecule has 4 nitrogen and oxygen atoms in total. The fraction of sp³-hybridized carbons (Fsp3) is 0.350. The quantitative estimate of drug-likeness (QED) is 0.769. The zero-order valence-electron chi connectivity index (χ0n) is 15.5. The van der Waals surface area contributed by atoms with Gasteiger partial charge in [-0.15, -0.1) is 0 Å². The monoisotopic (exact) mass is 392 g/mol. The number of likely N-dealkylation sites (N-methyl/N-ethyl adjacent to an activating group) is 1. The standard InChI is InChI=1S/C20H23F2N2O2P/c1-23-19-12(11-25)10-24(20(19)26)15-9-8-14(17(21)18(15)22)13-6-4-5-7-16(13)27(2)3/h4-9,12,19,23,25H,10-11H2,1-3H3. The van der Waals surface area contributed by atoms with E-state index in [0.717, 1.165) is 5.30 Å². The van der Waals surface area contributed by atoms with Crippen molar-refractivity contribution in [2.24, 2.45) is 5.92 Å². The maximum absolute atomic E-state index is 15.0. The number of carbonyl (C=O) groups excluding carboxylic acids is 1. The van der Waals surface area contributed by atoms with E-state index >= 15 is 0 Å². The number of carbonyl (C=O) groups is 1. The lowest BCUT2D eigenvalue weighted by atomic mass is 10.0. The van der Waals surface area contributed by atoms with Crippen molar-refractivity contribution in [3.05, 3.63) is 48.0 Å². The van der Waals surface area contributed by atoms with E-state index in [-0.39, 0.29) is 36.2 Å². The van der Waals surface area contributed by atoms with Gasteiger partial charge in [0.1, 0.15) is 0 Å². The van der Waals surface area contributed by atoms with Gasteiger partial charge in [-0.25, -0.2) is 8.78 Å². The van der Waals surface area contributed by atoms with E-state index in [4.69, 9.17) is 0 Å². The smallest absolute Gasteiger partial charge is 0.244 e. The van der Waals surface area contributed by atoms with Gasteiger partial charge in [0.15, 0.2) is 11.6 Å². The number of aliphatic hydroxyl groups excluding tert-OH is 1. The van der Waals surface area contributed by atoms with Crippen LogP contribution >= 0.6 is 7.92 Å². The van der Waals surface area contributed by atoms with Crippen molar-refractivity contribution in [2.45, 2.75) is 6.04 Å². The third-order valence-corrected chi connectivity index (χ3v) is 6.35. The fourth-order valence-electron chi connectivity index (χ4n) is 3.59. The van der Waals surface area contributed by atoms with Gasteiger partial charge in [0.25, 0.3) is 0 Å². The first-order valence-electron chi connectivity index (χ1n) is 8.75. The zero-order chi connectivity index (χ0) is 19.7. The summed E-state index contributed by atoms with van der Waals surface area (Å²) in [6.45, 7) is 4.06. The first-order chi connectivity index (χ1) is 12.9. The highest BCUT2D eigenvalue weighted by molar-refractivity contribution is 7.64. The molecule has 2 atom stereocenters. The Morgan fingerprint density at radius 3 is 2.44 bits per heavy atom. The summed E-state index contributed by atoms with van der Waals surface area (Å²) in [5.41, 5.74) is 0.773. The maximum atomic E-state index is 15.0. The SMILES string of the molecule is CNC1C(=O)N(c2ccc(-c3ccccc3P(C)C)c(F)c2F)CC1CO. The molecule has 144 valence electrons. The number of hydrogen-bond acceptors (Lipinski definition) is 3. The number of aliphatic hydroxyl groups is 1. The van der Waals surface area contributed by atoms with Crippen LogP contribution in [0.1, 0.15) is 0 Å². The molecular formula is C20H23F2N2O2P. The highest BCUT2D eigenvalue weighted by Crippen LogP contribution is 2.36. The van der Waals surface area contributed by atoms with Crippen LogP contribution in [0.15, 0.2) is 36.4 Å². The molecule has 0 aliphatic carbocycles. The minimum absolute atomic E-state index is 0.0924. The Kier molecular flexibility index (Phi) is 5.89. The number of hydrogen-bond donors (Lipinski definition) is 2. The van der Waals surface area contributed by atoms with Gasteiger partial charge in [-0.1, -0.05) is 32.2 Å². The van der Waals surface area contributed by atoms with E-state index in [0.29, 0.717) is 5.56 Å². The third-order valence-electron chi connectivity index (χ3n) is 4.99. The number of amides is 1. The summed E-state index contributed by atoms with van der Waals surface area (Å²) >= 11 is 0. The number of rotatable bonds is 5. The zero-order valence-corrected chi connectivity index (χ0v) is 16.4. The van der Waals surface area contributed by atoms with Crippen molar-refractivity contribution in [1.82, 2.24) is 5.32 Å². The Morgan fingerprint density at radius 2 is 1.85 bits per heavy atom. The minimum atomic E-state index is -1.04. The van der Waals surface area contributed by atoms with Crippen LogP contribution in [0.4, 0.5) is 14.5 Å². The average Bonchev–Trinajstić information content (AvgIpc) is 2.99. The second-order valence-corrected chi connectivity index (χ2v) is 9.10. The summed E-state index contributed by atoms with van der Waals surface area (Å²) in [5, 5.41) is 13.3. The van der Waals surface area contributed by atoms with Crippen molar-refractivity contribution < 1.29 is 18.7 Å². The summed E-state index contributed by atoms with van der Waals surface area (Å²) < 4.78 is 29.9. The molecule has 1 heterocycles. The van der Waals surface area contributed by atoms with Crippen molar-refractivity contribution in [1.29, 1.82) is 0 Å². The molecule has 0 saturated carbocycles. The van der Waals surface area contributed by atoms with Gasteiger partial charge in [0.05, 0.1) is 11.7 Å². The molecule has 1 saturated heterocycles. The number of nitrogens with zero attached hydrogens (tertiary/aromatic N) is 1. The summed E-state index contributed by atoms with van der Waals surface area (Å²) in [6, 6.07) is 9.77. The summed E-state index contributed by atoms with van der Waals surface area (Å²) in [5.74, 6) is -2.73. The lowest BCUT2D eigenvalue weighted by Crippen LogP contribution is -2.39. The molecule has 2 unspecified atom stereocenters. The lowest BCUT2D eigenvalue weighted by Gasteiger charge is -2.20. The third kappa shape index (κ3) is 3.49. The summed E-state index contributed by atoms with van der Waals surface area (Å²) in [4.78, 5) is 13.7. The first-order valence-corrected chi connectivity index (χ1v) is 11.0. The molecule has 3 rings (SSSR count). The Hall–Kier alpha value is -1.88. The lowest BCUT2D eigenvalue weighted by molar-refractivity contribution is -0.119. The molecule has 7 heteroatoms. The fourth-order valence-corrected chi connectivity index (χ4v) is 4.65. The molecule has 27 heavy (non-hydrogen) atoms. The Labute approximate surface area is 158 Å². The molecule has 1 aliphatic heterocycles. The Morgan fingerprint density at radius 1 is 1.15 bits per heavy atom. The molecule has 0 bridgehead atoms. The number of halogens is 2.